The van der Waals surface area contributed by atoms with Crippen molar-refractivity contribution < 1.29 is 32.5 Å². The van der Waals surface area contributed by atoms with Gasteiger partial charge in [0.1, 0.15) is 28.9 Å². The minimum absolute atomic E-state index is 0.481. The van der Waals surface area contributed by atoms with E-state index in [0.29, 0.717) is 62.1 Å². The fraction of sp³-hybridized carbons (Fsp3) is 0.348. The molecule has 3 fully saturated rings. The van der Waals surface area contributed by atoms with Crippen molar-refractivity contribution in [2.45, 2.75) is 36.7 Å². The second-order valence-electron chi connectivity index (χ2n) is 15.3. The van der Waals surface area contributed by atoms with E-state index in [9.17, 15) is 0 Å². The lowest BCUT2D eigenvalue weighted by Gasteiger charge is -2.39. The summed E-state index contributed by atoms with van der Waals surface area (Å²) in [5.41, 5.74) is 6.43. The molecule has 1 atom stereocenters. The second-order valence-corrected chi connectivity index (χ2v) is 15.3. The number of hydrogen-bond acceptors (Lipinski definition) is 7. The van der Waals surface area contributed by atoms with Crippen LogP contribution in [0.1, 0.15) is 53.5 Å². The number of rotatable bonds is 6. The zero-order chi connectivity index (χ0) is 37.3. The summed E-state index contributed by atoms with van der Waals surface area (Å²) in [4.78, 5) is 4.62. The average Bonchev–Trinajstić information content (AvgIpc) is 3.84. The number of benzene rings is 5. The third kappa shape index (κ3) is 5.26. The molecule has 1 saturated carbocycles. The summed E-state index contributed by atoms with van der Waals surface area (Å²) in [5, 5.41) is 1.73. The van der Waals surface area contributed by atoms with Crippen molar-refractivity contribution >= 4 is 28.2 Å². The highest BCUT2D eigenvalue weighted by Crippen LogP contribution is 2.64. The number of halogens is 2. The molecule has 282 valence electrons. The Labute approximate surface area is 320 Å². The van der Waals surface area contributed by atoms with Crippen molar-refractivity contribution in [1.82, 2.24) is 0 Å². The molecule has 9 heteroatoms. The second kappa shape index (κ2) is 13.3. The van der Waals surface area contributed by atoms with Crippen LogP contribution in [0.15, 0.2) is 78.9 Å². The molecule has 1 spiro atoms. The molecular formula is C46H44F2N2O5. The molecule has 55 heavy (non-hydrogen) atoms. The van der Waals surface area contributed by atoms with Crippen molar-refractivity contribution in [3.05, 3.63) is 118 Å². The van der Waals surface area contributed by atoms with Crippen molar-refractivity contribution in [1.29, 1.82) is 0 Å². The topological polar surface area (TPSA) is 52.6 Å². The molecule has 0 amide bonds. The SMILES string of the molecule is COc1ccc(C2(c3ccc(N4CCOCC4)cc3)C=Cc3c4c(c5cc(N6CCOCC6)c(OC)cc5c3O2)-c2cc(F)cc(F)c2C42CCCC2)cc1. The van der Waals surface area contributed by atoms with Gasteiger partial charge in [-0.1, -0.05) is 43.2 Å². The molecule has 0 aromatic heterocycles. The molecule has 0 bridgehead atoms. The molecule has 7 nitrogen and oxygen atoms in total. The smallest absolute Gasteiger partial charge is 0.178 e. The minimum Gasteiger partial charge on any atom is -0.497 e. The summed E-state index contributed by atoms with van der Waals surface area (Å²) < 4.78 is 62.4. The first-order chi connectivity index (χ1) is 26.9. The summed E-state index contributed by atoms with van der Waals surface area (Å²) in [5.74, 6) is 1.11. The molecule has 5 aromatic rings. The molecule has 5 aromatic carbocycles. The van der Waals surface area contributed by atoms with Gasteiger partial charge in [0.15, 0.2) is 5.60 Å². The van der Waals surface area contributed by atoms with E-state index in [0.717, 1.165) is 101 Å². The van der Waals surface area contributed by atoms with E-state index in [2.05, 4.69) is 70.5 Å². The summed E-state index contributed by atoms with van der Waals surface area (Å²) in [7, 11) is 3.36. The Hall–Kier alpha value is -5.12. The first-order valence-corrected chi connectivity index (χ1v) is 19.4. The summed E-state index contributed by atoms with van der Waals surface area (Å²) >= 11 is 0. The van der Waals surface area contributed by atoms with E-state index in [1.54, 1.807) is 20.3 Å². The van der Waals surface area contributed by atoms with Gasteiger partial charge in [0.25, 0.3) is 0 Å². The number of methoxy groups -OCH3 is 2. The Kier molecular flexibility index (Phi) is 8.30. The van der Waals surface area contributed by atoms with Gasteiger partial charge in [-0.25, -0.2) is 8.78 Å². The Balaban J connectivity index is 1.25. The maximum Gasteiger partial charge on any atom is 0.178 e. The molecule has 2 saturated heterocycles. The van der Waals surface area contributed by atoms with Crippen molar-refractivity contribution in [3.8, 4) is 28.4 Å². The highest BCUT2D eigenvalue weighted by molar-refractivity contribution is 6.10. The third-order valence-corrected chi connectivity index (χ3v) is 12.6. The van der Waals surface area contributed by atoms with Crippen molar-refractivity contribution in [2.75, 3.05) is 76.6 Å². The van der Waals surface area contributed by atoms with E-state index in [1.165, 1.54) is 0 Å². The van der Waals surface area contributed by atoms with E-state index >= 15 is 8.78 Å². The van der Waals surface area contributed by atoms with Crippen LogP contribution in [0.2, 0.25) is 0 Å². The van der Waals surface area contributed by atoms with Gasteiger partial charge in [0.2, 0.25) is 0 Å². The van der Waals surface area contributed by atoms with Gasteiger partial charge in [-0.3, -0.25) is 0 Å². The van der Waals surface area contributed by atoms with Gasteiger partial charge in [-0.15, -0.1) is 0 Å². The van der Waals surface area contributed by atoms with Crippen LogP contribution in [0, 0.1) is 11.6 Å². The Bertz CT molecular complexity index is 2330. The lowest BCUT2D eigenvalue weighted by molar-refractivity contribution is 0.122. The van der Waals surface area contributed by atoms with Crippen LogP contribution >= 0.6 is 0 Å². The minimum atomic E-state index is -1.02. The molecular weight excluding hydrogens is 699 g/mol. The number of morpholine rings is 2. The van der Waals surface area contributed by atoms with E-state index < -0.39 is 22.7 Å². The summed E-state index contributed by atoms with van der Waals surface area (Å²) in [6.45, 7) is 5.72. The molecule has 5 aliphatic rings. The van der Waals surface area contributed by atoms with Crippen LogP contribution in [0.5, 0.6) is 17.2 Å². The number of fused-ring (bicyclic) bond motifs is 10. The Morgan fingerprint density at radius 2 is 1.35 bits per heavy atom. The molecule has 1 unspecified atom stereocenters. The van der Waals surface area contributed by atoms with Crippen molar-refractivity contribution in [3.63, 3.8) is 0 Å². The van der Waals surface area contributed by atoms with Gasteiger partial charge in [-0.05, 0) is 83.5 Å². The molecule has 0 N–H and O–H groups in total. The van der Waals surface area contributed by atoms with E-state index in [4.69, 9.17) is 23.7 Å². The van der Waals surface area contributed by atoms with Gasteiger partial charge in [0, 0.05) is 71.0 Å². The summed E-state index contributed by atoms with van der Waals surface area (Å²) in [6, 6.07) is 23.5. The quantitative estimate of drug-likeness (QED) is 0.172. The number of nitrogens with zero attached hydrogens (tertiary/aromatic N) is 2. The van der Waals surface area contributed by atoms with Crippen LogP contribution < -0.4 is 24.0 Å². The molecule has 0 radical (unpaired) electrons. The number of anilines is 2. The lowest BCUT2D eigenvalue weighted by atomic mass is 9.73. The fourth-order valence-electron chi connectivity index (χ4n) is 10.1. The zero-order valence-electron chi connectivity index (χ0n) is 31.3. The van der Waals surface area contributed by atoms with Crippen LogP contribution in [-0.2, 0) is 20.5 Å². The normalized spacial score (nSPS) is 21.0. The van der Waals surface area contributed by atoms with Crippen LogP contribution in [-0.4, -0.2) is 66.8 Å². The third-order valence-electron chi connectivity index (χ3n) is 12.6. The fourth-order valence-corrected chi connectivity index (χ4v) is 10.1. The van der Waals surface area contributed by atoms with Crippen LogP contribution in [0.3, 0.4) is 0 Å². The monoisotopic (exact) mass is 742 g/mol. The standard InChI is InChI=1S/C46H44F2N2O5/c1-51-33-11-7-30(8-12-33)46(29-5-9-32(10-6-29)49-17-21-53-22-18-49)16-13-34-43-41(37-25-31(47)26-38(48)42(37)45(43)14-3-4-15-45)35-27-39(50-19-23-54-24-20-50)40(52-2)28-36(35)44(34)55-46/h5-13,16,25-28H,3-4,14-15,17-24H2,1-2H3. The number of ether oxygens (including phenoxy) is 5. The van der Waals surface area contributed by atoms with Gasteiger partial charge >= 0.3 is 0 Å². The Morgan fingerprint density at radius 3 is 2.00 bits per heavy atom. The average molecular weight is 743 g/mol. The zero-order valence-corrected chi connectivity index (χ0v) is 31.3. The first-order valence-electron chi connectivity index (χ1n) is 19.4. The van der Waals surface area contributed by atoms with Gasteiger partial charge in [-0.2, -0.15) is 0 Å². The number of hydrogen-bond donors (Lipinski definition) is 0. The largest absolute Gasteiger partial charge is 0.497 e. The maximum absolute atomic E-state index is 16.4. The maximum atomic E-state index is 16.4. The highest BCUT2D eigenvalue weighted by Gasteiger charge is 2.51. The Morgan fingerprint density at radius 1 is 0.691 bits per heavy atom. The molecule has 2 aliphatic carbocycles. The molecule has 3 heterocycles. The van der Waals surface area contributed by atoms with E-state index in [1.807, 2.05) is 12.1 Å². The van der Waals surface area contributed by atoms with Crippen LogP contribution in [0.4, 0.5) is 20.2 Å². The highest BCUT2D eigenvalue weighted by atomic mass is 19.1. The molecule has 3 aliphatic heterocycles. The van der Waals surface area contributed by atoms with Crippen LogP contribution in [0.25, 0.3) is 28.0 Å². The summed E-state index contributed by atoms with van der Waals surface area (Å²) in [6.07, 6.45) is 7.80. The van der Waals surface area contributed by atoms with Crippen molar-refractivity contribution in [2.24, 2.45) is 0 Å². The first kappa shape index (κ1) is 34.4. The van der Waals surface area contributed by atoms with E-state index in [-0.39, 0.29) is 0 Å². The predicted molar refractivity (Wildman–Crippen MR) is 211 cm³/mol. The lowest BCUT2D eigenvalue weighted by Crippen LogP contribution is -2.37. The predicted octanol–water partition coefficient (Wildman–Crippen LogP) is 9.00. The van der Waals surface area contributed by atoms with Gasteiger partial charge in [0.05, 0.1) is 46.3 Å². The molecule has 10 rings (SSSR count). The van der Waals surface area contributed by atoms with Gasteiger partial charge < -0.3 is 33.5 Å².